The molecule has 3 aliphatic heterocycles. The Labute approximate surface area is 155 Å². The maximum atomic E-state index is 13.2. The van der Waals surface area contributed by atoms with Crippen LogP contribution in [-0.4, -0.2) is 41.6 Å². The molecule has 0 aromatic heterocycles. The Kier molecular flexibility index (Phi) is 4.00. The Bertz CT molecular complexity index is 746. The van der Waals surface area contributed by atoms with Crippen LogP contribution < -0.4 is 0 Å². The average Bonchev–Trinajstić information content (AvgIpc) is 3.23. The summed E-state index contributed by atoms with van der Waals surface area (Å²) in [7, 11) is 0. The summed E-state index contributed by atoms with van der Waals surface area (Å²) in [5.74, 6) is -1.39. The number of halogens is 1. The Morgan fingerprint density at radius 2 is 2.16 bits per heavy atom. The second-order valence-corrected chi connectivity index (χ2v) is 7.76. The van der Waals surface area contributed by atoms with Crippen molar-refractivity contribution in [3.63, 3.8) is 0 Å². The number of hydrogen-bond acceptors (Lipinski definition) is 4. The molecular formula is C19H20BrNO4. The molecule has 1 aromatic carbocycles. The molecule has 132 valence electrons. The quantitative estimate of drug-likeness (QED) is 0.570. The fourth-order valence-electron chi connectivity index (χ4n) is 4.28. The fraction of sp³-hybridized carbons (Fsp3) is 0.474. The highest BCUT2D eigenvalue weighted by Crippen LogP contribution is 2.53. The minimum Gasteiger partial charge on any atom is -0.466 e. The zero-order valence-corrected chi connectivity index (χ0v) is 15.7. The molecule has 2 bridgehead atoms. The molecule has 0 aliphatic carbocycles. The van der Waals surface area contributed by atoms with Crippen molar-refractivity contribution in [1.29, 1.82) is 0 Å². The van der Waals surface area contributed by atoms with E-state index in [2.05, 4.69) is 15.9 Å². The van der Waals surface area contributed by atoms with E-state index in [1.165, 1.54) is 0 Å². The van der Waals surface area contributed by atoms with Crippen LogP contribution in [0.5, 0.6) is 0 Å². The zero-order valence-electron chi connectivity index (χ0n) is 14.1. The molecule has 4 rings (SSSR count). The summed E-state index contributed by atoms with van der Waals surface area (Å²) in [6.45, 7) is 4.56. The predicted octanol–water partition coefficient (Wildman–Crippen LogP) is 2.86. The Morgan fingerprint density at radius 1 is 1.44 bits per heavy atom. The standard InChI is InChI=1S/C19H20BrNO4/c1-3-24-18(23)15-14-8-9-19(25-14)10-21(17(22)16(15)19)11(2)12-4-6-13(20)7-5-12/h4-9,11,14-16H,3,10H2,1-2H3/t11-,14+,15-,16-,19+/m0/s1. The van der Waals surface area contributed by atoms with Crippen molar-refractivity contribution < 1.29 is 19.1 Å². The highest BCUT2D eigenvalue weighted by molar-refractivity contribution is 9.10. The van der Waals surface area contributed by atoms with Crippen molar-refractivity contribution in [3.8, 4) is 0 Å². The third kappa shape index (κ3) is 2.46. The van der Waals surface area contributed by atoms with Gasteiger partial charge in [0.15, 0.2) is 0 Å². The molecule has 2 saturated heterocycles. The normalized spacial score (nSPS) is 33.6. The lowest BCUT2D eigenvalue weighted by Crippen LogP contribution is -2.40. The van der Waals surface area contributed by atoms with Crippen LogP contribution in [0, 0.1) is 11.8 Å². The van der Waals surface area contributed by atoms with Gasteiger partial charge in [0.05, 0.1) is 31.2 Å². The first-order valence-corrected chi connectivity index (χ1v) is 9.36. The van der Waals surface area contributed by atoms with Gasteiger partial charge in [0, 0.05) is 4.47 Å². The number of hydrogen-bond donors (Lipinski definition) is 0. The highest BCUT2D eigenvalue weighted by atomic mass is 79.9. The van der Waals surface area contributed by atoms with Crippen LogP contribution in [0.3, 0.4) is 0 Å². The summed E-state index contributed by atoms with van der Waals surface area (Å²) >= 11 is 3.43. The molecule has 3 heterocycles. The number of rotatable bonds is 4. The summed E-state index contributed by atoms with van der Waals surface area (Å²) in [5.41, 5.74) is 0.363. The molecule has 5 atom stereocenters. The van der Waals surface area contributed by atoms with Crippen molar-refractivity contribution in [1.82, 2.24) is 4.90 Å². The van der Waals surface area contributed by atoms with Gasteiger partial charge in [-0.3, -0.25) is 9.59 Å². The lowest BCUT2D eigenvalue weighted by molar-refractivity contribution is -0.153. The largest absolute Gasteiger partial charge is 0.466 e. The maximum Gasteiger partial charge on any atom is 0.312 e. The number of benzene rings is 1. The maximum absolute atomic E-state index is 13.2. The van der Waals surface area contributed by atoms with Crippen LogP contribution in [0.2, 0.25) is 0 Å². The second kappa shape index (κ2) is 5.95. The van der Waals surface area contributed by atoms with Gasteiger partial charge in [-0.1, -0.05) is 40.2 Å². The van der Waals surface area contributed by atoms with E-state index < -0.39 is 17.4 Å². The number of fused-ring (bicyclic) bond motifs is 1. The number of ether oxygens (including phenoxy) is 2. The minimum atomic E-state index is -0.692. The van der Waals surface area contributed by atoms with E-state index in [1.807, 2.05) is 48.2 Å². The monoisotopic (exact) mass is 405 g/mol. The van der Waals surface area contributed by atoms with E-state index in [0.29, 0.717) is 13.2 Å². The first kappa shape index (κ1) is 16.8. The molecule has 0 unspecified atom stereocenters. The van der Waals surface area contributed by atoms with Crippen molar-refractivity contribution in [3.05, 3.63) is 46.5 Å². The number of carbonyl (C=O) groups excluding carboxylic acids is 2. The number of carbonyl (C=O) groups is 2. The Balaban J connectivity index is 1.63. The Morgan fingerprint density at radius 3 is 2.84 bits per heavy atom. The lowest BCUT2D eigenvalue weighted by Gasteiger charge is -2.27. The molecule has 25 heavy (non-hydrogen) atoms. The van der Waals surface area contributed by atoms with Crippen LogP contribution >= 0.6 is 15.9 Å². The molecule has 6 heteroatoms. The van der Waals surface area contributed by atoms with Crippen molar-refractivity contribution in [2.24, 2.45) is 11.8 Å². The van der Waals surface area contributed by atoms with Crippen molar-refractivity contribution in [2.45, 2.75) is 31.6 Å². The first-order chi connectivity index (χ1) is 12.0. The van der Waals surface area contributed by atoms with Gasteiger partial charge in [0.1, 0.15) is 11.5 Å². The molecule has 1 amide bonds. The van der Waals surface area contributed by atoms with Gasteiger partial charge < -0.3 is 14.4 Å². The smallest absolute Gasteiger partial charge is 0.312 e. The molecule has 1 spiro atoms. The summed E-state index contributed by atoms with van der Waals surface area (Å²) in [6.07, 6.45) is 3.52. The van der Waals surface area contributed by atoms with Gasteiger partial charge >= 0.3 is 5.97 Å². The zero-order chi connectivity index (χ0) is 17.8. The van der Waals surface area contributed by atoms with E-state index in [1.54, 1.807) is 6.92 Å². The van der Waals surface area contributed by atoms with Gasteiger partial charge in [0.25, 0.3) is 0 Å². The second-order valence-electron chi connectivity index (χ2n) is 6.85. The third-order valence-electron chi connectivity index (χ3n) is 5.51. The first-order valence-electron chi connectivity index (χ1n) is 8.56. The highest BCUT2D eigenvalue weighted by Gasteiger charge is 2.67. The Hall–Kier alpha value is -1.66. The van der Waals surface area contributed by atoms with Crippen molar-refractivity contribution >= 4 is 27.8 Å². The van der Waals surface area contributed by atoms with Crippen LogP contribution in [0.1, 0.15) is 25.5 Å². The van der Waals surface area contributed by atoms with Crippen LogP contribution in [0.4, 0.5) is 0 Å². The molecule has 0 saturated carbocycles. The van der Waals surface area contributed by atoms with Gasteiger partial charge in [-0.2, -0.15) is 0 Å². The molecule has 2 fully saturated rings. The summed E-state index contributed by atoms with van der Waals surface area (Å²) < 4.78 is 12.3. The SMILES string of the molecule is CCOC(=O)[C@@H]1[C@H]2C(=O)N([C@@H](C)c3ccc(Br)cc3)C[C@]23C=C[C@H]1O3. The summed E-state index contributed by atoms with van der Waals surface area (Å²) in [6, 6.07) is 7.86. The molecule has 0 N–H and O–H groups in total. The van der Waals surface area contributed by atoms with E-state index in [-0.39, 0.29) is 24.0 Å². The average molecular weight is 406 g/mol. The number of likely N-dealkylation sites (tertiary alicyclic amines) is 1. The minimum absolute atomic E-state index is 0.0275. The van der Waals surface area contributed by atoms with Crippen LogP contribution in [-0.2, 0) is 19.1 Å². The summed E-state index contributed by atoms with van der Waals surface area (Å²) in [5, 5.41) is 0. The van der Waals surface area contributed by atoms with E-state index in [4.69, 9.17) is 9.47 Å². The van der Waals surface area contributed by atoms with Crippen LogP contribution in [0.15, 0.2) is 40.9 Å². The predicted molar refractivity (Wildman–Crippen MR) is 94.6 cm³/mol. The molecule has 0 radical (unpaired) electrons. The molecular weight excluding hydrogens is 386 g/mol. The van der Waals surface area contributed by atoms with Gasteiger partial charge in [-0.25, -0.2) is 0 Å². The molecule has 5 nitrogen and oxygen atoms in total. The van der Waals surface area contributed by atoms with Gasteiger partial charge in [-0.15, -0.1) is 0 Å². The number of esters is 1. The fourth-order valence-corrected chi connectivity index (χ4v) is 4.55. The lowest BCUT2D eigenvalue weighted by atomic mass is 9.77. The topological polar surface area (TPSA) is 55.8 Å². The summed E-state index contributed by atoms with van der Waals surface area (Å²) in [4.78, 5) is 27.4. The molecule has 1 aromatic rings. The number of amides is 1. The third-order valence-corrected chi connectivity index (χ3v) is 6.04. The molecule has 3 aliphatic rings. The van der Waals surface area contributed by atoms with Crippen molar-refractivity contribution in [2.75, 3.05) is 13.2 Å². The van der Waals surface area contributed by atoms with Crippen LogP contribution in [0.25, 0.3) is 0 Å². The van der Waals surface area contributed by atoms with E-state index in [9.17, 15) is 9.59 Å². The number of nitrogens with zero attached hydrogens (tertiary/aromatic N) is 1. The van der Waals surface area contributed by atoms with E-state index in [0.717, 1.165) is 10.0 Å². The van der Waals surface area contributed by atoms with E-state index >= 15 is 0 Å². The van der Waals surface area contributed by atoms with Gasteiger partial charge in [0.2, 0.25) is 5.91 Å². The van der Waals surface area contributed by atoms with Gasteiger partial charge in [-0.05, 0) is 31.5 Å².